The van der Waals surface area contributed by atoms with E-state index < -0.39 is 0 Å². The van der Waals surface area contributed by atoms with Crippen molar-refractivity contribution >= 4 is 0 Å². The fraction of sp³-hybridized carbons (Fsp3) is 1.00. The van der Waals surface area contributed by atoms with Crippen molar-refractivity contribution in [3.8, 4) is 0 Å². The van der Waals surface area contributed by atoms with Gasteiger partial charge in [0.15, 0.2) is 0 Å². The van der Waals surface area contributed by atoms with Crippen molar-refractivity contribution in [2.75, 3.05) is 13.2 Å². The summed E-state index contributed by atoms with van der Waals surface area (Å²) in [6.45, 7) is 0.944. The van der Waals surface area contributed by atoms with Gasteiger partial charge < -0.3 is 4.74 Å². The molecule has 0 aromatic heterocycles. The maximum Gasteiger partial charge on any atom is 0.0823 e. The lowest BCUT2D eigenvalue weighted by Crippen LogP contribution is -1.86. The molecule has 0 aromatic carbocycles. The first kappa shape index (κ1) is 5.06. The summed E-state index contributed by atoms with van der Waals surface area (Å²) in [6, 6.07) is 0. The van der Waals surface area contributed by atoms with E-state index in [4.69, 9.17) is 4.74 Å². The second kappa shape index (κ2) is 2.28. The molecule has 1 unspecified atom stereocenters. The zero-order valence-corrected chi connectivity index (χ0v) is 4.22. The lowest BCUT2D eigenvalue weighted by molar-refractivity contribution is 0.183. The Morgan fingerprint density at radius 2 is 2.43 bits per heavy atom. The normalized spacial score (nSPS) is 27.9. The van der Waals surface area contributed by atoms with Crippen LogP contribution in [0.25, 0.3) is 0 Å². The van der Waals surface area contributed by atoms with E-state index in [1.165, 1.54) is 0 Å². The van der Waals surface area contributed by atoms with Crippen molar-refractivity contribution in [3.05, 3.63) is 0 Å². The SMILES string of the molecule is [O]CCCC1CO1. The molecule has 1 radical (unpaired) electrons. The highest BCUT2D eigenvalue weighted by Gasteiger charge is 2.20. The van der Waals surface area contributed by atoms with Crippen LogP contribution in [0.4, 0.5) is 0 Å². The average Bonchev–Trinajstić information content (AvgIpc) is 2.42. The average molecular weight is 101 g/mol. The molecule has 0 saturated carbocycles. The maximum atomic E-state index is 9.81. The van der Waals surface area contributed by atoms with Crippen molar-refractivity contribution in [2.24, 2.45) is 0 Å². The lowest BCUT2D eigenvalue weighted by Gasteiger charge is -1.84. The first-order valence-electron chi connectivity index (χ1n) is 2.63. The summed E-state index contributed by atoms with van der Waals surface area (Å²) in [5.41, 5.74) is 0. The summed E-state index contributed by atoms with van der Waals surface area (Å²) in [5.74, 6) is 0. The number of rotatable bonds is 3. The highest BCUT2D eigenvalue weighted by Crippen LogP contribution is 2.14. The largest absolute Gasteiger partial charge is 0.373 e. The van der Waals surface area contributed by atoms with Gasteiger partial charge in [-0.05, 0) is 12.8 Å². The van der Waals surface area contributed by atoms with Crippen molar-refractivity contribution in [1.29, 1.82) is 0 Å². The molecule has 1 aliphatic rings. The van der Waals surface area contributed by atoms with Crippen LogP contribution in [0.5, 0.6) is 0 Å². The first-order chi connectivity index (χ1) is 3.43. The Morgan fingerprint density at radius 3 is 2.86 bits per heavy atom. The predicted molar refractivity (Wildman–Crippen MR) is 24.5 cm³/mol. The summed E-state index contributed by atoms with van der Waals surface area (Å²) in [4.78, 5) is 0. The van der Waals surface area contributed by atoms with E-state index in [0.717, 1.165) is 19.4 Å². The molecule has 0 bridgehead atoms. The molecule has 0 spiro atoms. The molecule has 7 heavy (non-hydrogen) atoms. The third kappa shape index (κ3) is 1.90. The summed E-state index contributed by atoms with van der Waals surface area (Å²) in [5, 5.41) is 9.81. The van der Waals surface area contributed by atoms with Crippen LogP contribution in [0.1, 0.15) is 12.8 Å². The molecule has 0 N–H and O–H groups in total. The van der Waals surface area contributed by atoms with E-state index in [1.54, 1.807) is 0 Å². The van der Waals surface area contributed by atoms with E-state index >= 15 is 0 Å². The van der Waals surface area contributed by atoms with E-state index in [1.807, 2.05) is 0 Å². The molecular weight excluding hydrogens is 92.1 g/mol. The monoisotopic (exact) mass is 101 g/mol. The third-order valence-electron chi connectivity index (χ3n) is 1.07. The fourth-order valence-corrected chi connectivity index (χ4v) is 0.546. The van der Waals surface area contributed by atoms with Crippen molar-refractivity contribution in [1.82, 2.24) is 0 Å². The highest BCUT2D eigenvalue weighted by atomic mass is 16.6. The molecule has 1 fully saturated rings. The molecule has 1 heterocycles. The van der Waals surface area contributed by atoms with Gasteiger partial charge in [-0.15, -0.1) is 0 Å². The van der Waals surface area contributed by atoms with Crippen LogP contribution in [0.15, 0.2) is 0 Å². The van der Waals surface area contributed by atoms with Crippen LogP contribution in [-0.2, 0) is 9.84 Å². The van der Waals surface area contributed by atoms with Crippen molar-refractivity contribution < 1.29 is 9.84 Å². The van der Waals surface area contributed by atoms with Crippen LogP contribution in [0.3, 0.4) is 0 Å². The van der Waals surface area contributed by atoms with Crippen LogP contribution < -0.4 is 0 Å². The standard InChI is InChI=1S/C5H9O2/c6-3-1-2-5-4-7-5/h5H,1-4H2. The lowest BCUT2D eigenvalue weighted by atomic mass is 10.3. The highest BCUT2D eigenvalue weighted by molar-refractivity contribution is 4.67. The molecule has 1 atom stereocenters. The smallest absolute Gasteiger partial charge is 0.0823 e. The Kier molecular flexibility index (Phi) is 1.65. The summed E-state index contributed by atoms with van der Waals surface area (Å²) >= 11 is 0. The number of epoxide rings is 1. The van der Waals surface area contributed by atoms with Gasteiger partial charge in [0.25, 0.3) is 0 Å². The molecule has 1 saturated heterocycles. The summed E-state index contributed by atoms with van der Waals surface area (Å²) in [6.07, 6.45) is 2.21. The Balaban J connectivity index is 1.80. The second-order valence-electron chi connectivity index (χ2n) is 1.80. The molecule has 1 aliphatic heterocycles. The number of ether oxygens (including phenoxy) is 1. The summed E-state index contributed by atoms with van der Waals surface area (Å²) < 4.78 is 4.87. The van der Waals surface area contributed by atoms with Gasteiger partial charge in [-0.25, -0.2) is 5.11 Å². The van der Waals surface area contributed by atoms with E-state index in [9.17, 15) is 5.11 Å². The molecule has 2 heteroatoms. The second-order valence-corrected chi connectivity index (χ2v) is 1.80. The number of hydrogen-bond acceptors (Lipinski definition) is 1. The molecule has 2 nitrogen and oxygen atoms in total. The zero-order valence-electron chi connectivity index (χ0n) is 4.22. The topological polar surface area (TPSA) is 32.4 Å². The maximum absolute atomic E-state index is 9.81. The Morgan fingerprint density at radius 1 is 1.71 bits per heavy atom. The van der Waals surface area contributed by atoms with E-state index in [0.29, 0.717) is 6.10 Å². The summed E-state index contributed by atoms with van der Waals surface area (Å²) in [7, 11) is 0. The molecule has 0 aliphatic carbocycles. The van der Waals surface area contributed by atoms with Crippen molar-refractivity contribution in [2.45, 2.75) is 18.9 Å². The fourth-order valence-electron chi connectivity index (χ4n) is 0.546. The van der Waals surface area contributed by atoms with Gasteiger partial charge in [0.05, 0.1) is 19.3 Å². The quantitative estimate of drug-likeness (QED) is 0.479. The minimum Gasteiger partial charge on any atom is -0.373 e. The number of hydrogen-bond donors (Lipinski definition) is 0. The van der Waals surface area contributed by atoms with Gasteiger partial charge in [0.1, 0.15) is 0 Å². The zero-order chi connectivity index (χ0) is 5.11. The van der Waals surface area contributed by atoms with Gasteiger partial charge in [-0.3, -0.25) is 0 Å². The molecular formula is C5H9O2. The van der Waals surface area contributed by atoms with Crippen LogP contribution in [0.2, 0.25) is 0 Å². The van der Waals surface area contributed by atoms with Crippen molar-refractivity contribution in [3.63, 3.8) is 0 Å². The predicted octanol–water partition coefficient (Wildman–Crippen LogP) is 0.596. The minimum atomic E-state index is 0.0554. The van der Waals surface area contributed by atoms with E-state index in [2.05, 4.69) is 0 Å². The third-order valence-corrected chi connectivity index (χ3v) is 1.07. The molecule has 0 aromatic rings. The molecule has 1 rings (SSSR count). The van der Waals surface area contributed by atoms with Gasteiger partial charge in [0, 0.05) is 0 Å². The van der Waals surface area contributed by atoms with Gasteiger partial charge >= 0.3 is 0 Å². The van der Waals surface area contributed by atoms with Crippen LogP contribution >= 0.6 is 0 Å². The van der Waals surface area contributed by atoms with Crippen LogP contribution in [-0.4, -0.2) is 19.3 Å². The first-order valence-corrected chi connectivity index (χ1v) is 2.63. The Bertz CT molecular complexity index is 50.0. The molecule has 0 amide bonds. The Labute approximate surface area is 43.1 Å². The molecule has 41 valence electrons. The van der Waals surface area contributed by atoms with Gasteiger partial charge in [0.2, 0.25) is 0 Å². The Hall–Kier alpha value is -0.0800. The van der Waals surface area contributed by atoms with Gasteiger partial charge in [-0.1, -0.05) is 0 Å². The minimum absolute atomic E-state index is 0.0554. The van der Waals surface area contributed by atoms with Gasteiger partial charge in [-0.2, -0.15) is 0 Å². The van der Waals surface area contributed by atoms with Crippen LogP contribution in [0, 0.1) is 0 Å². The van der Waals surface area contributed by atoms with E-state index in [-0.39, 0.29) is 6.61 Å².